The topological polar surface area (TPSA) is 66.0 Å². The van der Waals surface area contributed by atoms with Crippen molar-refractivity contribution in [2.24, 2.45) is 0 Å². The van der Waals surface area contributed by atoms with Gasteiger partial charge in [-0.1, -0.05) is 5.16 Å². The fourth-order valence-electron chi connectivity index (χ4n) is 1.71. The highest BCUT2D eigenvalue weighted by atomic mass is 16.5. The van der Waals surface area contributed by atoms with Crippen LogP contribution in [0.1, 0.15) is 5.89 Å². The molecule has 0 bridgehead atoms. The Kier molecular flexibility index (Phi) is 2.97. The van der Waals surface area contributed by atoms with Gasteiger partial charge in [-0.15, -0.1) is 0 Å². The van der Waals surface area contributed by atoms with Gasteiger partial charge < -0.3 is 13.8 Å². The van der Waals surface area contributed by atoms with Crippen molar-refractivity contribution in [3.63, 3.8) is 0 Å². The molecule has 0 atom stereocenters. The van der Waals surface area contributed by atoms with Crippen LogP contribution in [0.25, 0.3) is 11.4 Å². The van der Waals surface area contributed by atoms with Crippen LogP contribution in [-0.4, -0.2) is 26.8 Å². The van der Waals surface area contributed by atoms with Crippen LogP contribution in [0.2, 0.25) is 0 Å². The first kappa shape index (κ1) is 11.5. The third-order valence-corrected chi connectivity index (χ3v) is 2.69. The second-order valence-corrected chi connectivity index (χ2v) is 3.98. The summed E-state index contributed by atoms with van der Waals surface area (Å²) in [7, 11) is 1.63. The van der Waals surface area contributed by atoms with Gasteiger partial charge in [-0.2, -0.15) is 4.98 Å². The average molecular weight is 256 g/mol. The molecule has 0 unspecified atom stereocenters. The van der Waals surface area contributed by atoms with E-state index in [4.69, 9.17) is 9.26 Å². The van der Waals surface area contributed by atoms with E-state index in [-0.39, 0.29) is 0 Å². The zero-order valence-electron chi connectivity index (χ0n) is 10.4. The van der Waals surface area contributed by atoms with Crippen LogP contribution in [0.5, 0.6) is 5.75 Å². The van der Waals surface area contributed by atoms with Gasteiger partial charge in [-0.25, -0.2) is 4.98 Å². The first-order valence-electron chi connectivity index (χ1n) is 5.78. The van der Waals surface area contributed by atoms with Crippen molar-refractivity contribution in [3.05, 3.63) is 48.9 Å². The maximum atomic E-state index is 5.21. The van der Waals surface area contributed by atoms with Crippen LogP contribution in [0.4, 0.5) is 0 Å². The van der Waals surface area contributed by atoms with Crippen LogP contribution in [0, 0.1) is 0 Å². The van der Waals surface area contributed by atoms with E-state index in [2.05, 4.69) is 15.1 Å². The Labute approximate surface area is 109 Å². The third-order valence-electron chi connectivity index (χ3n) is 2.69. The average Bonchev–Trinajstić information content (AvgIpc) is 3.11. The molecule has 19 heavy (non-hydrogen) atoms. The van der Waals surface area contributed by atoms with E-state index in [0.717, 1.165) is 11.3 Å². The monoisotopic (exact) mass is 256 g/mol. The van der Waals surface area contributed by atoms with Gasteiger partial charge >= 0.3 is 0 Å². The Morgan fingerprint density at radius 1 is 1.26 bits per heavy atom. The Balaban J connectivity index is 1.80. The lowest BCUT2D eigenvalue weighted by Gasteiger charge is -1.99. The number of imidazole rings is 1. The zero-order valence-corrected chi connectivity index (χ0v) is 10.4. The predicted octanol–water partition coefficient (Wildman–Crippen LogP) is 1.99. The molecular weight excluding hydrogens is 244 g/mol. The molecule has 2 heterocycles. The molecule has 6 nitrogen and oxygen atoms in total. The van der Waals surface area contributed by atoms with Crippen LogP contribution < -0.4 is 4.74 Å². The summed E-state index contributed by atoms with van der Waals surface area (Å²) < 4.78 is 12.2. The molecule has 3 rings (SSSR count). The Morgan fingerprint density at radius 2 is 2.11 bits per heavy atom. The largest absolute Gasteiger partial charge is 0.497 e. The van der Waals surface area contributed by atoms with E-state index in [1.807, 2.05) is 35.0 Å². The minimum atomic E-state index is 0.517. The van der Waals surface area contributed by atoms with Crippen molar-refractivity contribution in [1.82, 2.24) is 19.7 Å². The number of benzene rings is 1. The molecular formula is C13H12N4O2. The number of rotatable bonds is 4. The summed E-state index contributed by atoms with van der Waals surface area (Å²) in [4.78, 5) is 8.31. The van der Waals surface area contributed by atoms with E-state index in [1.165, 1.54) is 0 Å². The van der Waals surface area contributed by atoms with Crippen LogP contribution >= 0.6 is 0 Å². The van der Waals surface area contributed by atoms with Crippen molar-refractivity contribution in [1.29, 1.82) is 0 Å². The van der Waals surface area contributed by atoms with Gasteiger partial charge in [-0.3, -0.25) is 0 Å². The van der Waals surface area contributed by atoms with Crippen molar-refractivity contribution >= 4 is 0 Å². The molecule has 0 spiro atoms. The van der Waals surface area contributed by atoms with E-state index < -0.39 is 0 Å². The first-order valence-corrected chi connectivity index (χ1v) is 5.78. The molecule has 0 amide bonds. The smallest absolute Gasteiger partial charge is 0.246 e. The third kappa shape index (κ3) is 2.47. The quantitative estimate of drug-likeness (QED) is 0.714. The summed E-state index contributed by atoms with van der Waals surface area (Å²) in [5.41, 5.74) is 0.890. The number of hydrogen-bond acceptors (Lipinski definition) is 5. The second kappa shape index (κ2) is 4.93. The van der Waals surface area contributed by atoms with Gasteiger partial charge in [-0.05, 0) is 24.3 Å². The summed E-state index contributed by atoms with van der Waals surface area (Å²) in [6.45, 7) is 0.517. The molecule has 0 fully saturated rings. The molecule has 6 heteroatoms. The number of hydrogen-bond donors (Lipinski definition) is 0. The summed E-state index contributed by atoms with van der Waals surface area (Å²) in [5, 5.41) is 3.96. The maximum absolute atomic E-state index is 5.21. The van der Waals surface area contributed by atoms with E-state index in [0.29, 0.717) is 18.3 Å². The fraction of sp³-hybridized carbons (Fsp3) is 0.154. The summed E-state index contributed by atoms with van der Waals surface area (Å²) in [6.07, 6.45) is 5.26. The normalized spacial score (nSPS) is 10.6. The summed E-state index contributed by atoms with van der Waals surface area (Å²) >= 11 is 0. The van der Waals surface area contributed by atoms with Crippen molar-refractivity contribution in [2.75, 3.05) is 7.11 Å². The Bertz CT molecular complexity index is 644. The number of ether oxygens (including phenoxy) is 1. The van der Waals surface area contributed by atoms with Crippen LogP contribution in [0.3, 0.4) is 0 Å². The van der Waals surface area contributed by atoms with Crippen molar-refractivity contribution in [3.8, 4) is 17.1 Å². The Morgan fingerprint density at radius 3 is 2.79 bits per heavy atom. The predicted molar refractivity (Wildman–Crippen MR) is 67.6 cm³/mol. The first-order chi connectivity index (χ1) is 9.35. The second-order valence-electron chi connectivity index (χ2n) is 3.98. The van der Waals surface area contributed by atoms with Gasteiger partial charge in [0.05, 0.1) is 13.4 Å². The van der Waals surface area contributed by atoms with Gasteiger partial charge in [0.15, 0.2) is 0 Å². The highest BCUT2D eigenvalue weighted by molar-refractivity contribution is 5.55. The molecule has 0 radical (unpaired) electrons. The van der Waals surface area contributed by atoms with E-state index >= 15 is 0 Å². The maximum Gasteiger partial charge on any atom is 0.246 e. The lowest BCUT2D eigenvalue weighted by atomic mass is 10.2. The van der Waals surface area contributed by atoms with Crippen molar-refractivity contribution < 1.29 is 9.26 Å². The van der Waals surface area contributed by atoms with E-state index in [9.17, 15) is 0 Å². The number of nitrogens with zero attached hydrogens (tertiary/aromatic N) is 4. The van der Waals surface area contributed by atoms with Gasteiger partial charge in [0.25, 0.3) is 0 Å². The molecule has 0 aliphatic rings. The molecule has 3 aromatic rings. The van der Waals surface area contributed by atoms with Crippen molar-refractivity contribution in [2.45, 2.75) is 6.54 Å². The molecule has 0 N–H and O–H groups in total. The SMILES string of the molecule is COc1ccc(-c2noc(Cn3ccnc3)n2)cc1. The lowest BCUT2D eigenvalue weighted by molar-refractivity contribution is 0.371. The van der Waals surface area contributed by atoms with Gasteiger partial charge in [0.2, 0.25) is 11.7 Å². The van der Waals surface area contributed by atoms with E-state index in [1.54, 1.807) is 19.6 Å². The molecule has 2 aromatic heterocycles. The van der Waals surface area contributed by atoms with Gasteiger partial charge in [0, 0.05) is 18.0 Å². The standard InChI is InChI=1S/C13H12N4O2/c1-18-11-4-2-10(3-5-11)13-15-12(19-16-13)8-17-7-6-14-9-17/h2-7,9H,8H2,1H3. The van der Waals surface area contributed by atoms with Gasteiger partial charge in [0.1, 0.15) is 12.3 Å². The molecule has 1 aromatic carbocycles. The molecule has 0 saturated heterocycles. The highest BCUT2D eigenvalue weighted by Gasteiger charge is 2.08. The minimum absolute atomic E-state index is 0.517. The fourth-order valence-corrected chi connectivity index (χ4v) is 1.71. The Hall–Kier alpha value is -2.63. The molecule has 96 valence electrons. The highest BCUT2D eigenvalue weighted by Crippen LogP contribution is 2.19. The number of aromatic nitrogens is 4. The van der Waals surface area contributed by atoms with Crippen LogP contribution in [0.15, 0.2) is 47.5 Å². The molecule has 0 aliphatic heterocycles. The summed E-state index contributed by atoms with van der Waals surface area (Å²) in [5.74, 6) is 1.91. The molecule has 0 aliphatic carbocycles. The van der Waals surface area contributed by atoms with Crippen LogP contribution in [-0.2, 0) is 6.54 Å². The summed E-state index contributed by atoms with van der Waals surface area (Å²) in [6, 6.07) is 7.51. The minimum Gasteiger partial charge on any atom is -0.497 e. The zero-order chi connectivity index (χ0) is 13.1. The number of methoxy groups -OCH3 is 1. The molecule has 0 saturated carbocycles. The lowest BCUT2D eigenvalue weighted by Crippen LogP contribution is -1.96.